The summed E-state index contributed by atoms with van der Waals surface area (Å²) in [5.41, 5.74) is -0.656. The van der Waals surface area contributed by atoms with E-state index >= 15 is 0 Å². The van der Waals surface area contributed by atoms with Gasteiger partial charge in [0.15, 0.2) is 0 Å². The number of ether oxygens (including phenoxy) is 2. The van der Waals surface area contributed by atoms with Gasteiger partial charge in [0.05, 0.1) is 6.61 Å². The lowest BCUT2D eigenvalue weighted by Crippen LogP contribution is -2.30. The second-order valence-electron chi connectivity index (χ2n) is 5.05. The van der Waals surface area contributed by atoms with Crippen molar-refractivity contribution < 1.29 is 19.1 Å². The molecule has 4 heteroatoms. The molecule has 0 aliphatic heterocycles. The zero-order chi connectivity index (χ0) is 13.3. The SMILES string of the molecule is CCCCCCCOC(=O)C(=O)OC(C)(C)C. The average molecular weight is 244 g/mol. The predicted molar refractivity (Wildman–Crippen MR) is 65.6 cm³/mol. The number of carbonyl (C=O) groups excluding carboxylic acids is 2. The molecule has 0 saturated carbocycles. The van der Waals surface area contributed by atoms with Gasteiger partial charge in [-0.1, -0.05) is 32.6 Å². The van der Waals surface area contributed by atoms with Crippen molar-refractivity contribution in [3.8, 4) is 0 Å². The molecule has 0 aliphatic carbocycles. The summed E-state index contributed by atoms with van der Waals surface area (Å²) in [5, 5.41) is 0. The Morgan fingerprint density at radius 1 is 0.941 bits per heavy atom. The van der Waals surface area contributed by atoms with Gasteiger partial charge in [-0.15, -0.1) is 0 Å². The Morgan fingerprint density at radius 2 is 1.53 bits per heavy atom. The Kier molecular flexibility index (Phi) is 7.59. The smallest absolute Gasteiger partial charge is 0.417 e. The number of unbranched alkanes of at least 4 members (excludes halogenated alkanes) is 4. The lowest BCUT2D eigenvalue weighted by Gasteiger charge is -2.18. The van der Waals surface area contributed by atoms with E-state index in [0.717, 1.165) is 19.3 Å². The molecule has 0 bridgehead atoms. The molecule has 0 N–H and O–H groups in total. The summed E-state index contributed by atoms with van der Waals surface area (Å²) in [4.78, 5) is 22.4. The van der Waals surface area contributed by atoms with E-state index in [2.05, 4.69) is 6.92 Å². The molecule has 0 unspecified atom stereocenters. The maximum absolute atomic E-state index is 11.2. The van der Waals surface area contributed by atoms with Gasteiger partial charge in [0.2, 0.25) is 0 Å². The Hall–Kier alpha value is -1.06. The quantitative estimate of drug-likeness (QED) is 0.409. The minimum Gasteiger partial charge on any atom is -0.457 e. The first-order chi connectivity index (χ1) is 7.87. The molecule has 0 aromatic rings. The number of hydrogen-bond donors (Lipinski definition) is 0. The van der Waals surface area contributed by atoms with Crippen LogP contribution in [0.4, 0.5) is 0 Å². The molecule has 0 aromatic carbocycles. The van der Waals surface area contributed by atoms with Crippen molar-refractivity contribution in [1.82, 2.24) is 0 Å². The molecule has 0 rings (SSSR count). The van der Waals surface area contributed by atoms with E-state index < -0.39 is 17.5 Å². The number of hydrogen-bond acceptors (Lipinski definition) is 4. The van der Waals surface area contributed by atoms with Crippen LogP contribution in [0.1, 0.15) is 59.8 Å². The van der Waals surface area contributed by atoms with Crippen LogP contribution in [0.25, 0.3) is 0 Å². The molecular weight excluding hydrogens is 220 g/mol. The summed E-state index contributed by atoms with van der Waals surface area (Å²) in [6, 6.07) is 0. The zero-order valence-corrected chi connectivity index (χ0v) is 11.4. The van der Waals surface area contributed by atoms with Gasteiger partial charge >= 0.3 is 11.9 Å². The van der Waals surface area contributed by atoms with Crippen LogP contribution in [0.3, 0.4) is 0 Å². The Labute approximate surface area is 104 Å². The molecule has 0 heterocycles. The second-order valence-corrected chi connectivity index (χ2v) is 5.05. The van der Waals surface area contributed by atoms with Gasteiger partial charge in [0.25, 0.3) is 0 Å². The highest BCUT2D eigenvalue weighted by molar-refractivity contribution is 6.29. The van der Waals surface area contributed by atoms with Crippen LogP contribution in [-0.4, -0.2) is 24.1 Å². The molecule has 4 nitrogen and oxygen atoms in total. The Bertz CT molecular complexity index is 240. The van der Waals surface area contributed by atoms with Gasteiger partial charge in [0, 0.05) is 0 Å². The highest BCUT2D eigenvalue weighted by Gasteiger charge is 2.23. The summed E-state index contributed by atoms with van der Waals surface area (Å²) in [5.74, 6) is -1.80. The molecule has 0 spiro atoms. The van der Waals surface area contributed by atoms with E-state index in [9.17, 15) is 9.59 Å². The maximum atomic E-state index is 11.2. The van der Waals surface area contributed by atoms with Crippen LogP contribution in [-0.2, 0) is 19.1 Å². The summed E-state index contributed by atoms with van der Waals surface area (Å²) >= 11 is 0. The number of rotatable bonds is 6. The van der Waals surface area contributed by atoms with Crippen molar-refractivity contribution in [2.24, 2.45) is 0 Å². The highest BCUT2D eigenvalue weighted by atomic mass is 16.6. The third kappa shape index (κ3) is 9.85. The third-order valence-corrected chi connectivity index (χ3v) is 2.05. The predicted octanol–water partition coefficient (Wildman–Crippen LogP) is 2.84. The summed E-state index contributed by atoms with van der Waals surface area (Å²) in [7, 11) is 0. The van der Waals surface area contributed by atoms with E-state index in [1.807, 2.05) is 0 Å². The van der Waals surface area contributed by atoms with Crippen molar-refractivity contribution in [2.75, 3.05) is 6.61 Å². The molecule has 0 fully saturated rings. The van der Waals surface area contributed by atoms with Gasteiger partial charge in [0.1, 0.15) is 5.60 Å². The molecule has 0 amide bonds. The third-order valence-electron chi connectivity index (χ3n) is 2.05. The Morgan fingerprint density at radius 3 is 2.06 bits per heavy atom. The molecule has 17 heavy (non-hydrogen) atoms. The topological polar surface area (TPSA) is 52.6 Å². The van der Waals surface area contributed by atoms with Gasteiger partial charge in [-0.3, -0.25) is 0 Å². The first-order valence-corrected chi connectivity index (χ1v) is 6.27. The van der Waals surface area contributed by atoms with Crippen molar-refractivity contribution >= 4 is 11.9 Å². The van der Waals surface area contributed by atoms with E-state index in [-0.39, 0.29) is 0 Å². The lowest BCUT2D eigenvalue weighted by atomic mass is 10.2. The molecule has 100 valence electrons. The molecular formula is C13H24O4. The van der Waals surface area contributed by atoms with Gasteiger partial charge in [-0.2, -0.15) is 0 Å². The molecule has 0 aromatic heterocycles. The van der Waals surface area contributed by atoms with Crippen LogP contribution in [0.15, 0.2) is 0 Å². The van der Waals surface area contributed by atoms with E-state index in [0.29, 0.717) is 6.61 Å². The summed E-state index contributed by atoms with van der Waals surface area (Å²) in [6.07, 6.45) is 5.34. The van der Waals surface area contributed by atoms with E-state index in [1.165, 1.54) is 12.8 Å². The zero-order valence-electron chi connectivity index (χ0n) is 11.4. The minimum atomic E-state index is -0.911. The highest BCUT2D eigenvalue weighted by Crippen LogP contribution is 2.08. The number of carbonyl (C=O) groups is 2. The second kappa shape index (κ2) is 8.09. The van der Waals surface area contributed by atoms with Crippen LogP contribution in [0.2, 0.25) is 0 Å². The molecule has 0 radical (unpaired) electrons. The molecule has 0 saturated heterocycles. The van der Waals surface area contributed by atoms with Crippen molar-refractivity contribution in [3.05, 3.63) is 0 Å². The lowest BCUT2D eigenvalue weighted by molar-refractivity contribution is -0.174. The van der Waals surface area contributed by atoms with Crippen molar-refractivity contribution in [3.63, 3.8) is 0 Å². The van der Waals surface area contributed by atoms with Gasteiger partial charge in [-0.25, -0.2) is 9.59 Å². The van der Waals surface area contributed by atoms with Crippen LogP contribution in [0, 0.1) is 0 Å². The first-order valence-electron chi connectivity index (χ1n) is 6.27. The first kappa shape index (κ1) is 15.9. The fraction of sp³-hybridized carbons (Fsp3) is 0.846. The minimum absolute atomic E-state index is 0.293. The fourth-order valence-electron chi connectivity index (χ4n) is 1.25. The van der Waals surface area contributed by atoms with Crippen molar-refractivity contribution in [2.45, 2.75) is 65.4 Å². The van der Waals surface area contributed by atoms with E-state index in [4.69, 9.17) is 9.47 Å². The normalized spacial score (nSPS) is 11.1. The van der Waals surface area contributed by atoms with E-state index in [1.54, 1.807) is 20.8 Å². The van der Waals surface area contributed by atoms with Crippen LogP contribution in [0.5, 0.6) is 0 Å². The van der Waals surface area contributed by atoms with Gasteiger partial charge < -0.3 is 9.47 Å². The maximum Gasteiger partial charge on any atom is 0.417 e. The fourth-order valence-corrected chi connectivity index (χ4v) is 1.25. The Balaban J connectivity index is 3.62. The van der Waals surface area contributed by atoms with Crippen molar-refractivity contribution in [1.29, 1.82) is 0 Å². The standard InChI is InChI=1S/C13H24O4/c1-5-6-7-8-9-10-16-11(14)12(15)17-13(2,3)4/h5-10H2,1-4H3. The van der Waals surface area contributed by atoms with Gasteiger partial charge in [-0.05, 0) is 27.2 Å². The number of esters is 2. The van der Waals surface area contributed by atoms with Crippen LogP contribution < -0.4 is 0 Å². The molecule has 0 aliphatic rings. The summed E-state index contributed by atoms with van der Waals surface area (Å²) < 4.78 is 9.70. The summed E-state index contributed by atoms with van der Waals surface area (Å²) in [6.45, 7) is 7.57. The monoisotopic (exact) mass is 244 g/mol. The van der Waals surface area contributed by atoms with Crippen LogP contribution >= 0.6 is 0 Å². The molecule has 0 atom stereocenters. The largest absolute Gasteiger partial charge is 0.457 e. The average Bonchev–Trinajstić information content (AvgIpc) is 2.20.